The Labute approximate surface area is 206 Å². The van der Waals surface area contributed by atoms with Crippen LogP contribution < -0.4 is 5.32 Å². The first-order valence-corrected chi connectivity index (χ1v) is 13.6. The van der Waals surface area contributed by atoms with Crippen LogP contribution in [-0.2, 0) is 14.3 Å². The lowest BCUT2D eigenvalue weighted by atomic mass is 9.92. The van der Waals surface area contributed by atoms with Crippen LogP contribution in [0, 0.1) is 5.92 Å². The highest BCUT2D eigenvalue weighted by Gasteiger charge is 2.45. The van der Waals surface area contributed by atoms with E-state index in [1.807, 2.05) is 0 Å². The van der Waals surface area contributed by atoms with Crippen molar-refractivity contribution in [2.45, 2.75) is 51.5 Å². The second kappa shape index (κ2) is 13.8. The normalized spacial score (nSPS) is 19.2. The molecule has 2 aliphatic rings. The fourth-order valence-electron chi connectivity index (χ4n) is 4.98. The largest absolute Gasteiger partial charge is 0.466 e. The summed E-state index contributed by atoms with van der Waals surface area (Å²) in [4.78, 5) is 42.3. The van der Waals surface area contributed by atoms with Gasteiger partial charge in [0.25, 0.3) is 0 Å². The molecule has 0 aromatic carbocycles. The molecule has 188 valence electrons. The molecular formula is C25H38N3O5S+. The lowest BCUT2D eigenvalue weighted by molar-refractivity contribution is -0.885. The summed E-state index contributed by atoms with van der Waals surface area (Å²) >= 11 is 1.57. The number of ketones is 1. The van der Waals surface area contributed by atoms with Crippen molar-refractivity contribution in [3.05, 3.63) is 30.1 Å². The molecule has 1 aliphatic carbocycles. The summed E-state index contributed by atoms with van der Waals surface area (Å²) in [6.07, 6.45) is 9.05. The van der Waals surface area contributed by atoms with Gasteiger partial charge in [0.15, 0.2) is 5.78 Å². The molecule has 9 heteroatoms. The van der Waals surface area contributed by atoms with E-state index in [1.165, 1.54) is 25.5 Å². The van der Waals surface area contributed by atoms with Gasteiger partial charge in [0, 0.05) is 41.9 Å². The average Bonchev–Trinajstić information content (AvgIpc) is 2.88. The SMILES string of the molecule is CCOC(=O)CC(CSCCNC(=O)[N+]1(C2CCCCC2)CCOCC1)C(=O)c1cccnc1. The van der Waals surface area contributed by atoms with Crippen LogP contribution in [-0.4, -0.2) is 84.3 Å². The number of rotatable bonds is 11. The van der Waals surface area contributed by atoms with Gasteiger partial charge in [0.2, 0.25) is 0 Å². The van der Waals surface area contributed by atoms with Crippen molar-refractivity contribution >= 4 is 29.5 Å². The number of ether oxygens (including phenoxy) is 2. The molecule has 1 atom stereocenters. The predicted molar refractivity (Wildman–Crippen MR) is 132 cm³/mol. The van der Waals surface area contributed by atoms with Crippen LogP contribution in [0.2, 0.25) is 0 Å². The fourth-order valence-corrected chi connectivity index (χ4v) is 5.95. The minimum atomic E-state index is -0.483. The maximum absolute atomic E-state index is 13.3. The Morgan fingerprint density at radius 2 is 2.00 bits per heavy atom. The summed E-state index contributed by atoms with van der Waals surface area (Å²) in [5.41, 5.74) is 0.497. The van der Waals surface area contributed by atoms with E-state index in [1.54, 1.807) is 37.0 Å². The van der Waals surface area contributed by atoms with Crippen molar-refractivity contribution in [1.82, 2.24) is 10.3 Å². The quantitative estimate of drug-likeness (QED) is 0.219. The van der Waals surface area contributed by atoms with Gasteiger partial charge in [0.05, 0.1) is 32.3 Å². The number of morpholine rings is 1. The highest BCUT2D eigenvalue weighted by Crippen LogP contribution is 2.30. The van der Waals surface area contributed by atoms with E-state index in [-0.39, 0.29) is 30.8 Å². The lowest BCUT2D eigenvalue weighted by Gasteiger charge is -2.45. The third-order valence-corrected chi connectivity index (χ3v) is 7.96. The van der Waals surface area contributed by atoms with E-state index in [0.29, 0.717) is 47.4 Å². The highest BCUT2D eigenvalue weighted by atomic mass is 32.2. The molecule has 2 amide bonds. The van der Waals surface area contributed by atoms with Crippen LogP contribution in [0.3, 0.4) is 0 Å². The van der Waals surface area contributed by atoms with E-state index in [0.717, 1.165) is 25.9 Å². The zero-order chi connectivity index (χ0) is 24.2. The number of quaternary nitrogens is 1. The summed E-state index contributed by atoms with van der Waals surface area (Å²) in [6.45, 7) is 5.32. The molecule has 0 bridgehead atoms. The maximum atomic E-state index is 13.3. The van der Waals surface area contributed by atoms with E-state index >= 15 is 0 Å². The van der Waals surface area contributed by atoms with E-state index in [9.17, 15) is 14.4 Å². The minimum absolute atomic E-state index is 0.0443. The monoisotopic (exact) mass is 492 g/mol. The molecule has 2 fully saturated rings. The van der Waals surface area contributed by atoms with Crippen molar-refractivity contribution in [1.29, 1.82) is 0 Å². The van der Waals surface area contributed by atoms with Gasteiger partial charge >= 0.3 is 12.0 Å². The number of pyridine rings is 1. The number of esters is 1. The number of nitrogens with one attached hydrogen (secondary N) is 1. The van der Waals surface area contributed by atoms with Crippen LogP contribution in [0.15, 0.2) is 24.5 Å². The van der Waals surface area contributed by atoms with Crippen LogP contribution >= 0.6 is 11.8 Å². The Morgan fingerprint density at radius 3 is 2.68 bits per heavy atom. The summed E-state index contributed by atoms with van der Waals surface area (Å²) in [6, 6.07) is 3.92. The predicted octanol–water partition coefficient (Wildman–Crippen LogP) is 3.46. The number of hydrogen-bond donors (Lipinski definition) is 1. The standard InChI is InChI=1S/C25H37N3O5S/c1-2-33-23(29)17-21(24(30)20-7-6-10-26-18-20)19-34-16-11-27-25(31)28(12-14-32-15-13-28)22-8-4-3-5-9-22/h6-7,10,18,21-22H,2-5,8-9,11-17,19H2,1H3/p+1. The van der Waals surface area contributed by atoms with Crippen LogP contribution in [0.5, 0.6) is 0 Å². The Bertz CT molecular complexity index is 795. The number of hydrogen-bond acceptors (Lipinski definition) is 7. The Morgan fingerprint density at radius 1 is 1.24 bits per heavy atom. The average molecular weight is 493 g/mol. The molecule has 8 nitrogen and oxygen atoms in total. The van der Waals surface area contributed by atoms with E-state index in [2.05, 4.69) is 10.3 Å². The Hall–Kier alpha value is -1.97. The zero-order valence-electron chi connectivity index (χ0n) is 20.2. The van der Waals surface area contributed by atoms with Gasteiger partial charge in [-0.15, -0.1) is 0 Å². The molecule has 1 aliphatic heterocycles. The molecule has 2 heterocycles. The molecule has 1 N–H and O–H groups in total. The Balaban J connectivity index is 1.51. The van der Waals surface area contributed by atoms with Crippen LogP contribution in [0.25, 0.3) is 0 Å². The fraction of sp³-hybridized carbons (Fsp3) is 0.680. The van der Waals surface area contributed by atoms with Crippen LogP contribution in [0.4, 0.5) is 4.79 Å². The van der Waals surface area contributed by atoms with Crippen molar-refractivity contribution in [3.8, 4) is 0 Å². The number of amides is 2. The lowest BCUT2D eigenvalue weighted by Crippen LogP contribution is -2.67. The van der Waals surface area contributed by atoms with Crippen molar-refractivity contribution in [2.75, 3.05) is 51.0 Å². The van der Waals surface area contributed by atoms with Gasteiger partial charge < -0.3 is 14.8 Å². The topological polar surface area (TPSA) is 94.6 Å². The second-order valence-electron chi connectivity index (χ2n) is 9.00. The summed E-state index contributed by atoms with van der Waals surface area (Å²) < 4.78 is 11.1. The second-order valence-corrected chi connectivity index (χ2v) is 10.2. The van der Waals surface area contributed by atoms with E-state index < -0.39 is 5.92 Å². The van der Waals surface area contributed by atoms with Gasteiger partial charge in [0.1, 0.15) is 13.1 Å². The van der Waals surface area contributed by atoms with Crippen molar-refractivity contribution in [3.63, 3.8) is 0 Å². The van der Waals surface area contributed by atoms with Gasteiger partial charge in [-0.2, -0.15) is 11.8 Å². The third-order valence-electron chi connectivity index (χ3n) is 6.82. The van der Waals surface area contributed by atoms with Gasteiger partial charge in [-0.1, -0.05) is 6.42 Å². The minimum Gasteiger partial charge on any atom is -0.466 e. The first-order chi connectivity index (χ1) is 16.6. The number of urea groups is 1. The molecule has 1 aromatic heterocycles. The smallest absolute Gasteiger partial charge is 0.416 e. The number of nitrogens with zero attached hydrogens (tertiary/aromatic N) is 2. The van der Waals surface area contributed by atoms with Gasteiger partial charge in [-0.05, 0) is 44.7 Å². The maximum Gasteiger partial charge on any atom is 0.416 e. The zero-order valence-corrected chi connectivity index (χ0v) is 21.0. The van der Waals surface area contributed by atoms with Gasteiger partial charge in [-0.3, -0.25) is 14.6 Å². The number of aromatic nitrogens is 1. The molecule has 3 rings (SSSR count). The summed E-state index contributed by atoms with van der Waals surface area (Å²) in [5, 5.41) is 3.16. The molecule has 1 unspecified atom stereocenters. The van der Waals surface area contributed by atoms with Crippen LogP contribution in [0.1, 0.15) is 55.8 Å². The molecule has 34 heavy (non-hydrogen) atoms. The Kier molecular flexibility index (Phi) is 10.8. The molecule has 1 saturated carbocycles. The highest BCUT2D eigenvalue weighted by molar-refractivity contribution is 7.99. The number of carbonyl (C=O) groups is 3. The van der Waals surface area contributed by atoms with Crippen molar-refractivity contribution < 1.29 is 28.3 Å². The van der Waals surface area contributed by atoms with Gasteiger partial charge in [-0.25, -0.2) is 9.28 Å². The molecule has 0 radical (unpaired) electrons. The summed E-state index contributed by atoms with van der Waals surface area (Å²) in [7, 11) is 0. The van der Waals surface area contributed by atoms with Crippen molar-refractivity contribution in [2.24, 2.45) is 5.92 Å². The summed E-state index contributed by atoms with van der Waals surface area (Å²) in [5.74, 6) is 0.201. The molecule has 1 aromatic rings. The number of Topliss-reactive ketones (excluding diaryl/α,β-unsaturated/α-hetero) is 1. The number of carbonyl (C=O) groups excluding carboxylic acids is 3. The molecular weight excluding hydrogens is 454 g/mol. The first-order valence-electron chi connectivity index (χ1n) is 12.5. The molecule has 1 saturated heterocycles. The number of thioether (sulfide) groups is 1. The first kappa shape index (κ1) is 26.6. The third kappa shape index (κ3) is 7.26. The molecule has 0 spiro atoms. The van der Waals surface area contributed by atoms with E-state index in [4.69, 9.17) is 9.47 Å².